The third-order valence-electron chi connectivity index (χ3n) is 4.25. The van der Waals surface area contributed by atoms with E-state index < -0.39 is 0 Å². The second-order valence-corrected chi connectivity index (χ2v) is 6.01. The molecule has 3 aromatic rings. The van der Waals surface area contributed by atoms with E-state index in [-0.39, 0.29) is 12.4 Å². The van der Waals surface area contributed by atoms with Crippen molar-refractivity contribution in [2.45, 2.75) is 33.9 Å². The van der Waals surface area contributed by atoms with Crippen molar-refractivity contribution in [1.82, 2.24) is 19.6 Å². The van der Waals surface area contributed by atoms with Gasteiger partial charge in [0.25, 0.3) is 0 Å². The molecule has 0 aliphatic rings. The molecule has 0 aliphatic heterocycles. The third kappa shape index (κ3) is 3.56. The number of aliphatic hydroxyl groups excluding tert-OH is 1. The van der Waals surface area contributed by atoms with Gasteiger partial charge in [-0.3, -0.25) is 4.68 Å². The SMILES string of the molecule is Cc1nn(CCO)c(C)c1CNc1cc(C)n(-c2ccc(F)cc2)n1. The number of anilines is 1. The molecule has 25 heavy (non-hydrogen) atoms. The summed E-state index contributed by atoms with van der Waals surface area (Å²) in [5, 5.41) is 21.4. The zero-order valence-electron chi connectivity index (χ0n) is 14.6. The van der Waals surface area contributed by atoms with E-state index in [2.05, 4.69) is 15.5 Å². The summed E-state index contributed by atoms with van der Waals surface area (Å²) < 4.78 is 16.7. The molecule has 0 fully saturated rings. The summed E-state index contributed by atoms with van der Waals surface area (Å²) >= 11 is 0. The van der Waals surface area contributed by atoms with Crippen LogP contribution < -0.4 is 5.32 Å². The van der Waals surface area contributed by atoms with Crippen LogP contribution in [0.25, 0.3) is 5.69 Å². The summed E-state index contributed by atoms with van der Waals surface area (Å²) in [5.74, 6) is 0.480. The Bertz CT molecular complexity index is 866. The minimum Gasteiger partial charge on any atom is -0.394 e. The quantitative estimate of drug-likeness (QED) is 0.722. The number of nitrogens with one attached hydrogen (secondary N) is 1. The van der Waals surface area contributed by atoms with Gasteiger partial charge < -0.3 is 10.4 Å². The predicted molar refractivity (Wildman–Crippen MR) is 94.4 cm³/mol. The Kier molecular flexibility index (Phi) is 4.85. The molecule has 6 nitrogen and oxygen atoms in total. The largest absolute Gasteiger partial charge is 0.394 e. The third-order valence-corrected chi connectivity index (χ3v) is 4.25. The zero-order chi connectivity index (χ0) is 18.0. The van der Waals surface area contributed by atoms with Crippen molar-refractivity contribution in [2.75, 3.05) is 11.9 Å². The van der Waals surface area contributed by atoms with Gasteiger partial charge in [-0.15, -0.1) is 0 Å². The normalized spacial score (nSPS) is 11.1. The second-order valence-electron chi connectivity index (χ2n) is 6.01. The Morgan fingerprint density at radius 2 is 1.84 bits per heavy atom. The molecule has 2 N–H and O–H groups in total. The first-order valence-corrected chi connectivity index (χ1v) is 8.20. The highest BCUT2D eigenvalue weighted by molar-refractivity contribution is 5.42. The fraction of sp³-hybridized carbons (Fsp3) is 0.333. The minimum absolute atomic E-state index is 0.0656. The standard InChI is InChI=1S/C18H22FN5O/c1-12-10-18(22-24(12)16-6-4-15(19)5-7-16)20-11-17-13(2)21-23(8-9-25)14(17)3/h4-7,10,25H,8-9,11H2,1-3H3,(H,20,22). The summed E-state index contributed by atoms with van der Waals surface area (Å²) in [5.41, 5.74) is 4.85. The van der Waals surface area contributed by atoms with Crippen LogP contribution in [-0.4, -0.2) is 31.3 Å². The van der Waals surface area contributed by atoms with Crippen LogP contribution >= 0.6 is 0 Å². The van der Waals surface area contributed by atoms with Crippen LogP contribution in [0.2, 0.25) is 0 Å². The summed E-state index contributed by atoms with van der Waals surface area (Å²) in [7, 11) is 0. The number of benzene rings is 1. The molecule has 3 rings (SSSR count). The lowest BCUT2D eigenvalue weighted by molar-refractivity contribution is 0.268. The molecule has 0 unspecified atom stereocenters. The van der Waals surface area contributed by atoms with Gasteiger partial charge in [-0.05, 0) is 45.0 Å². The lowest BCUT2D eigenvalue weighted by Crippen LogP contribution is -2.07. The average Bonchev–Trinajstić information content (AvgIpc) is 3.07. The number of aromatic nitrogens is 4. The molecule has 0 spiro atoms. The number of hydrogen-bond donors (Lipinski definition) is 2. The first kappa shape index (κ1) is 17.2. The second kappa shape index (κ2) is 7.06. The molecule has 0 atom stereocenters. The lowest BCUT2D eigenvalue weighted by atomic mass is 10.2. The smallest absolute Gasteiger partial charge is 0.148 e. The molecular formula is C18H22FN5O. The maximum Gasteiger partial charge on any atom is 0.148 e. The Hall–Kier alpha value is -2.67. The van der Waals surface area contributed by atoms with Crippen LogP contribution in [-0.2, 0) is 13.1 Å². The Morgan fingerprint density at radius 1 is 1.12 bits per heavy atom. The van der Waals surface area contributed by atoms with E-state index in [0.29, 0.717) is 13.1 Å². The topological polar surface area (TPSA) is 67.9 Å². The fourth-order valence-electron chi connectivity index (χ4n) is 2.89. The maximum atomic E-state index is 13.1. The zero-order valence-corrected chi connectivity index (χ0v) is 14.6. The van der Waals surface area contributed by atoms with Crippen LogP contribution in [0.4, 0.5) is 10.2 Å². The summed E-state index contributed by atoms with van der Waals surface area (Å²) in [6.07, 6.45) is 0. The molecule has 0 amide bonds. The molecule has 0 saturated carbocycles. The number of nitrogens with zero attached hydrogens (tertiary/aromatic N) is 4. The molecule has 0 aliphatic carbocycles. The van der Waals surface area contributed by atoms with Crippen LogP contribution in [0.3, 0.4) is 0 Å². The molecule has 0 bridgehead atoms. The van der Waals surface area contributed by atoms with Gasteiger partial charge in [-0.2, -0.15) is 10.2 Å². The van der Waals surface area contributed by atoms with Crippen molar-refractivity contribution in [3.05, 3.63) is 58.8 Å². The van der Waals surface area contributed by atoms with Crippen molar-refractivity contribution in [1.29, 1.82) is 0 Å². The van der Waals surface area contributed by atoms with Gasteiger partial charge in [0, 0.05) is 29.6 Å². The number of aliphatic hydroxyl groups is 1. The average molecular weight is 343 g/mol. The first-order valence-electron chi connectivity index (χ1n) is 8.20. The molecule has 7 heteroatoms. The van der Waals surface area contributed by atoms with E-state index in [1.807, 2.05) is 31.5 Å². The van der Waals surface area contributed by atoms with E-state index >= 15 is 0 Å². The van der Waals surface area contributed by atoms with E-state index in [4.69, 9.17) is 5.11 Å². The lowest BCUT2D eigenvalue weighted by Gasteiger charge is -2.06. The minimum atomic E-state index is -0.266. The Labute approximate surface area is 145 Å². The number of rotatable bonds is 6. The maximum absolute atomic E-state index is 13.1. The van der Waals surface area contributed by atoms with Crippen LogP contribution in [0.1, 0.15) is 22.6 Å². The number of hydrogen-bond acceptors (Lipinski definition) is 4. The van der Waals surface area contributed by atoms with Gasteiger partial charge in [0.2, 0.25) is 0 Å². The Balaban J connectivity index is 1.77. The molecule has 1 aromatic carbocycles. The van der Waals surface area contributed by atoms with E-state index in [0.717, 1.165) is 34.2 Å². The molecule has 2 heterocycles. The highest BCUT2D eigenvalue weighted by Crippen LogP contribution is 2.18. The molecule has 2 aromatic heterocycles. The van der Waals surface area contributed by atoms with Crippen molar-refractivity contribution in [3.8, 4) is 5.69 Å². The van der Waals surface area contributed by atoms with Crippen LogP contribution in [0.5, 0.6) is 0 Å². The van der Waals surface area contributed by atoms with Crippen LogP contribution in [0.15, 0.2) is 30.3 Å². The highest BCUT2D eigenvalue weighted by Gasteiger charge is 2.12. The van der Waals surface area contributed by atoms with E-state index in [9.17, 15) is 4.39 Å². The molecular weight excluding hydrogens is 321 g/mol. The van der Waals surface area contributed by atoms with E-state index in [1.54, 1.807) is 16.8 Å². The highest BCUT2D eigenvalue weighted by atomic mass is 19.1. The summed E-state index contributed by atoms with van der Waals surface area (Å²) in [6, 6.07) is 8.20. The summed E-state index contributed by atoms with van der Waals surface area (Å²) in [4.78, 5) is 0. The molecule has 0 radical (unpaired) electrons. The monoisotopic (exact) mass is 343 g/mol. The first-order chi connectivity index (χ1) is 12.0. The predicted octanol–water partition coefficient (Wildman–Crippen LogP) is 2.74. The van der Waals surface area contributed by atoms with Crippen molar-refractivity contribution in [3.63, 3.8) is 0 Å². The van der Waals surface area contributed by atoms with Gasteiger partial charge in [-0.25, -0.2) is 9.07 Å². The van der Waals surface area contributed by atoms with Gasteiger partial charge >= 0.3 is 0 Å². The number of halogens is 1. The van der Waals surface area contributed by atoms with Gasteiger partial charge in [0.05, 0.1) is 24.5 Å². The van der Waals surface area contributed by atoms with Gasteiger partial charge in [-0.1, -0.05) is 0 Å². The summed E-state index contributed by atoms with van der Waals surface area (Å²) in [6.45, 7) is 7.07. The van der Waals surface area contributed by atoms with Gasteiger partial charge in [0.1, 0.15) is 11.6 Å². The Morgan fingerprint density at radius 3 is 2.52 bits per heavy atom. The van der Waals surface area contributed by atoms with Crippen molar-refractivity contribution in [2.24, 2.45) is 0 Å². The van der Waals surface area contributed by atoms with E-state index in [1.165, 1.54) is 12.1 Å². The van der Waals surface area contributed by atoms with Crippen LogP contribution in [0, 0.1) is 26.6 Å². The van der Waals surface area contributed by atoms with Gasteiger partial charge in [0.15, 0.2) is 0 Å². The van der Waals surface area contributed by atoms with Crippen molar-refractivity contribution >= 4 is 5.82 Å². The molecule has 0 saturated heterocycles. The van der Waals surface area contributed by atoms with Crippen molar-refractivity contribution < 1.29 is 9.50 Å². The fourth-order valence-corrected chi connectivity index (χ4v) is 2.89. The number of aryl methyl sites for hydroxylation is 2. The molecule has 132 valence electrons.